The van der Waals surface area contributed by atoms with E-state index in [1.54, 1.807) is 23.4 Å². The van der Waals surface area contributed by atoms with Crippen LogP contribution in [0.25, 0.3) is 5.82 Å². The predicted octanol–water partition coefficient (Wildman–Crippen LogP) is 1.22. The van der Waals surface area contributed by atoms with Gasteiger partial charge >= 0.3 is 0 Å². The first kappa shape index (κ1) is 14.6. The van der Waals surface area contributed by atoms with Crippen LogP contribution in [0.3, 0.4) is 0 Å². The molecule has 3 aromatic rings. The van der Waals surface area contributed by atoms with Gasteiger partial charge in [-0.25, -0.2) is 14.6 Å². The van der Waals surface area contributed by atoms with Gasteiger partial charge in [-0.3, -0.25) is 4.90 Å². The van der Waals surface area contributed by atoms with Gasteiger partial charge in [-0.05, 0) is 17.9 Å². The molecule has 0 saturated carbocycles. The van der Waals surface area contributed by atoms with Crippen molar-refractivity contribution < 1.29 is 4.52 Å². The Kier molecular flexibility index (Phi) is 3.48. The van der Waals surface area contributed by atoms with Crippen LogP contribution < -0.4 is 4.90 Å². The van der Waals surface area contributed by atoms with Crippen molar-refractivity contribution in [2.45, 2.75) is 6.54 Å². The standard InChI is InChI=1S/C17H19N7O/c1-3-20-24(5-1)17-6-16(18-12-19-17)23-9-13-7-22(8-14(13)10-23)11-15-2-4-21-25-15/h1-6,12-14H,7-11H2. The molecule has 2 atom stereocenters. The van der Waals surface area contributed by atoms with E-state index in [-0.39, 0.29) is 0 Å². The molecule has 0 aliphatic carbocycles. The molecule has 128 valence electrons. The average molecular weight is 337 g/mol. The average Bonchev–Trinajstić information content (AvgIpc) is 3.40. The molecule has 2 fully saturated rings. The summed E-state index contributed by atoms with van der Waals surface area (Å²) >= 11 is 0. The fourth-order valence-electron chi connectivity index (χ4n) is 3.99. The summed E-state index contributed by atoms with van der Waals surface area (Å²) in [6.45, 7) is 5.11. The van der Waals surface area contributed by atoms with Gasteiger partial charge in [0, 0.05) is 50.7 Å². The summed E-state index contributed by atoms with van der Waals surface area (Å²) in [5.41, 5.74) is 0. The van der Waals surface area contributed by atoms with Gasteiger partial charge in [0.1, 0.15) is 12.1 Å². The van der Waals surface area contributed by atoms with Gasteiger partial charge in [-0.1, -0.05) is 5.16 Å². The quantitative estimate of drug-likeness (QED) is 0.708. The maximum Gasteiger partial charge on any atom is 0.158 e. The number of aromatic nitrogens is 5. The van der Waals surface area contributed by atoms with Gasteiger partial charge in [0.25, 0.3) is 0 Å². The monoisotopic (exact) mass is 337 g/mol. The minimum atomic E-state index is 0.672. The lowest BCUT2D eigenvalue weighted by Gasteiger charge is -2.21. The second kappa shape index (κ2) is 5.96. The topological polar surface area (TPSA) is 76.1 Å². The Morgan fingerprint density at radius 1 is 1.04 bits per heavy atom. The van der Waals surface area contributed by atoms with E-state index in [2.05, 4.69) is 30.0 Å². The summed E-state index contributed by atoms with van der Waals surface area (Å²) in [5.74, 6) is 4.07. The van der Waals surface area contributed by atoms with Gasteiger partial charge in [0.05, 0.1) is 12.7 Å². The Bertz CT molecular complexity index is 819. The van der Waals surface area contributed by atoms with Crippen LogP contribution in [0, 0.1) is 11.8 Å². The third kappa shape index (κ3) is 2.78. The Hall–Kier alpha value is -2.74. The van der Waals surface area contributed by atoms with Crippen LogP contribution in [-0.4, -0.2) is 56.0 Å². The predicted molar refractivity (Wildman–Crippen MR) is 90.1 cm³/mol. The second-order valence-corrected chi connectivity index (χ2v) is 6.78. The van der Waals surface area contributed by atoms with Crippen LogP contribution in [0.2, 0.25) is 0 Å². The number of hydrogen-bond acceptors (Lipinski definition) is 7. The highest BCUT2D eigenvalue weighted by atomic mass is 16.5. The van der Waals surface area contributed by atoms with Gasteiger partial charge in [-0.15, -0.1) is 0 Å². The SMILES string of the molecule is c1cnn(-c2cc(N3CC4CN(Cc5ccno5)CC4C3)ncn2)c1. The van der Waals surface area contributed by atoms with Crippen molar-refractivity contribution in [2.24, 2.45) is 11.8 Å². The number of anilines is 1. The van der Waals surface area contributed by atoms with Gasteiger partial charge in [0.2, 0.25) is 0 Å². The first-order chi connectivity index (χ1) is 12.3. The fraction of sp³-hybridized carbons (Fsp3) is 0.412. The fourth-order valence-corrected chi connectivity index (χ4v) is 3.99. The Balaban J connectivity index is 1.26. The van der Waals surface area contributed by atoms with Crippen molar-refractivity contribution in [3.8, 4) is 5.82 Å². The van der Waals surface area contributed by atoms with Crippen molar-refractivity contribution in [2.75, 3.05) is 31.1 Å². The van der Waals surface area contributed by atoms with Crippen molar-refractivity contribution >= 4 is 5.82 Å². The summed E-state index contributed by atoms with van der Waals surface area (Å²) < 4.78 is 6.99. The largest absolute Gasteiger partial charge is 0.360 e. The smallest absolute Gasteiger partial charge is 0.158 e. The molecule has 2 unspecified atom stereocenters. The first-order valence-electron chi connectivity index (χ1n) is 8.54. The molecule has 8 nitrogen and oxygen atoms in total. The van der Waals surface area contributed by atoms with E-state index in [4.69, 9.17) is 4.52 Å². The summed E-state index contributed by atoms with van der Waals surface area (Å²) in [5, 5.41) is 8.03. The zero-order valence-corrected chi connectivity index (χ0v) is 13.8. The van der Waals surface area contributed by atoms with Crippen LogP contribution >= 0.6 is 0 Å². The molecule has 25 heavy (non-hydrogen) atoms. The lowest BCUT2D eigenvalue weighted by atomic mass is 10.0. The highest BCUT2D eigenvalue weighted by Crippen LogP contribution is 2.34. The van der Waals surface area contributed by atoms with Gasteiger partial charge in [-0.2, -0.15) is 5.10 Å². The summed E-state index contributed by atoms with van der Waals surface area (Å²) in [6.07, 6.45) is 6.98. The second-order valence-electron chi connectivity index (χ2n) is 6.78. The Labute approximate surface area is 145 Å². The molecule has 0 aromatic carbocycles. The zero-order valence-electron chi connectivity index (χ0n) is 13.8. The minimum absolute atomic E-state index is 0.672. The normalized spacial score (nSPS) is 23.3. The van der Waals surface area contributed by atoms with Crippen LogP contribution in [-0.2, 0) is 6.54 Å². The number of nitrogens with zero attached hydrogens (tertiary/aromatic N) is 7. The maximum absolute atomic E-state index is 5.23. The molecular formula is C17H19N7O. The molecule has 0 N–H and O–H groups in total. The summed E-state index contributed by atoms with van der Waals surface area (Å²) in [7, 11) is 0. The molecule has 0 amide bonds. The van der Waals surface area contributed by atoms with E-state index in [1.165, 1.54) is 0 Å². The molecular weight excluding hydrogens is 318 g/mol. The van der Waals surface area contributed by atoms with E-state index in [0.717, 1.165) is 50.1 Å². The van der Waals surface area contributed by atoms with Crippen molar-refractivity contribution in [1.29, 1.82) is 0 Å². The first-order valence-corrected chi connectivity index (χ1v) is 8.54. The van der Waals surface area contributed by atoms with E-state index >= 15 is 0 Å². The zero-order chi connectivity index (χ0) is 16.6. The highest BCUT2D eigenvalue weighted by Gasteiger charge is 2.40. The van der Waals surface area contributed by atoms with E-state index in [1.807, 2.05) is 24.4 Å². The molecule has 0 spiro atoms. The summed E-state index contributed by atoms with van der Waals surface area (Å²) in [4.78, 5) is 13.6. The molecule has 2 saturated heterocycles. The molecule has 0 bridgehead atoms. The third-order valence-corrected chi connectivity index (χ3v) is 5.13. The molecule has 5 rings (SSSR count). The van der Waals surface area contributed by atoms with Crippen LogP contribution in [0.15, 0.2) is 47.6 Å². The lowest BCUT2D eigenvalue weighted by Crippen LogP contribution is -2.29. The van der Waals surface area contributed by atoms with E-state index in [0.29, 0.717) is 11.8 Å². The van der Waals surface area contributed by atoms with Crippen LogP contribution in [0.5, 0.6) is 0 Å². The lowest BCUT2D eigenvalue weighted by molar-refractivity contribution is 0.261. The van der Waals surface area contributed by atoms with Gasteiger partial charge in [0.15, 0.2) is 11.6 Å². The van der Waals surface area contributed by atoms with E-state index in [9.17, 15) is 0 Å². The van der Waals surface area contributed by atoms with E-state index < -0.39 is 0 Å². The van der Waals surface area contributed by atoms with Gasteiger partial charge < -0.3 is 9.42 Å². The number of fused-ring (bicyclic) bond motifs is 1. The number of rotatable bonds is 4. The van der Waals surface area contributed by atoms with Crippen LogP contribution in [0.1, 0.15) is 5.76 Å². The molecule has 8 heteroatoms. The molecule has 2 aliphatic heterocycles. The highest BCUT2D eigenvalue weighted by molar-refractivity contribution is 5.44. The molecule has 0 radical (unpaired) electrons. The molecule has 2 aliphatic rings. The Morgan fingerprint density at radius 2 is 1.88 bits per heavy atom. The van der Waals surface area contributed by atoms with Crippen molar-refractivity contribution in [3.63, 3.8) is 0 Å². The third-order valence-electron chi connectivity index (χ3n) is 5.13. The number of likely N-dealkylation sites (tertiary alicyclic amines) is 1. The van der Waals surface area contributed by atoms with Crippen LogP contribution in [0.4, 0.5) is 5.82 Å². The number of hydrogen-bond donors (Lipinski definition) is 0. The Morgan fingerprint density at radius 3 is 2.60 bits per heavy atom. The van der Waals surface area contributed by atoms with Crippen molar-refractivity contribution in [1.82, 2.24) is 29.8 Å². The minimum Gasteiger partial charge on any atom is -0.360 e. The summed E-state index contributed by atoms with van der Waals surface area (Å²) in [6, 6.07) is 5.85. The molecule has 3 aromatic heterocycles. The maximum atomic E-state index is 5.23. The molecule has 5 heterocycles. The van der Waals surface area contributed by atoms with Crippen molar-refractivity contribution in [3.05, 3.63) is 48.9 Å².